The summed E-state index contributed by atoms with van der Waals surface area (Å²) in [5.74, 6) is 2.48. The molecule has 2 saturated heterocycles. The predicted octanol–water partition coefficient (Wildman–Crippen LogP) is 4.25. The molecular formula is C23H34N2O. The molecule has 0 atom stereocenters. The number of carbonyl (C=O) groups excluding carboxylic acids is 1. The fourth-order valence-electron chi connectivity index (χ4n) is 5.20. The highest BCUT2D eigenvalue weighted by Crippen LogP contribution is 2.56. The summed E-state index contributed by atoms with van der Waals surface area (Å²) in [7, 11) is 0. The Bertz CT molecular complexity index is 629. The molecule has 4 rings (SSSR count). The van der Waals surface area contributed by atoms with Crippen molar-refractivity contribution in [2.75, 3.05) is 32.7 Å². The highest BCUT2D eigenvalue weighted by atomic mass is 16.2. The highest BCUT2D eigenvalue weighted by Gasteiger charge is 2.52. The minimum absolute atomic E-state index is 0.354. The van der Waals surface area contributed by atoms with Crippen LogP contribution in [0.2, 0.25) is 0 Å². The van der Waals surface area contributed by atoms with Crippen LogP contribution in [0.25, 0.3) is 0 Å². The van der Waals surface area contributed by atoms with E-state index in [-0.39, 0.29) is 0 Å². The van der Waals surface area contributed by atoms with E-state index in [0.29, 0.717) is 23.8 Å². The zero-order chi connectivity index (χ0) is 18.3. The number of likely N-dealkylation sites (tertiary alicyclic amines) is 2. The molecule has 1 aromatic rings. The average Bonchev–Trinajstić information content (AvgIpc) is 2.56. The number of hydrogen-bond donors (Lipinski definition) is 0. The van der Waals surface area contributed by atoms with Gasteiger partial charge in [-0.15, -0.1) is 0 Å². The number of nitrogens with zero attached hydrogens (tertiary/aromatic N) is 2. The van der Waals surface area contributed by atoms with E-state index in [4.69, 9.17) is 0 Å². The van der Waals surface area contributed by atoms with Crippen molar-refractivity contribution in [2.24, 2.45) is 11.3 Å². The van der Waals surface area contributed by atoms with Crippen LogP contribution in [0.4, 0.5) is 0 Å². The van der Waals surface area contributed by atoms with Crippen LogP contribution in [-0.4, -0.2) is 48.4 Å². The van der Waals surface area contributed by atoms with Gasteiger partial charge in [0.15, 0.2) is 0 Å². The van der Waals surface area contributed by atoms with E-state index in [1.165, 1.54) is 36.8 Å². The third-order valence-corrected chi connectivity index (χ3v) is 7.05. The Balaban J connectivity index is 1.21. The fraction of sp³-hybridized carbons (Fsp3) is 0.696. The van der Waals surface area contributed by atoms with Gasteiger partial charge in [0, 0.05) is 26.2 Å². The van der Waals surface area contributed by atoms with E-state index in [0.717, 1.165) is 38.0 Å². The molecule has 26 heavy (non-hydrogen) atoms. The van der Waals surface area contributed by atoms with E-state index >= 15 is 0 Å². The van der Waals surface area contributed by atoms with Crippen LogP contribution >= 0.6 is 0 Å². The maximum atomic E-state index is 12.5. The molecule has 2 heterocycles. The molecule has 3 heteroatoms. The Hall–Kier alpha value is -1.35. The molecule has 1 saturated carbocycles. The standard InChI is InChI=1S/C23H34N2O/c1-17(2)19-4-6-20(7-5-19)21-12-23(13-21)15-24(16-23)14-22(26)25-10-8-18(3)9-11-25/h4-7,17-18,21H,8-16H2,1-3H3. The molecular weight excluding hydrogens is 320 g/mol. The van der Waals surface area contributed by atoms with Gasteiger partial charge in [-0.05, 0) is 60.0 Å². The van der Waals surface area contributed by atoms with Crippen molar-refractivity contribution in [3.05, 3.63) is 35.4 Å². The minimum atomic E-state index is 0.354. The Morgan fingerprint density at radius 2 is 1.73 bits per heavy atom. The van der Waals surface area contributed by atoms with Gasteiger partial charge in [0.2, 0.25) is 5.91 Å². The van der Waals surface area contributed by atoms with Gasteiger partial charge in [-0.3, -0.25) is 9.69 Å². The third-order valence-electron chi connectivity index (χ3n) is 7.05. The van der Waals surface area contributed by atoms with Crippen molar-refractivity contribution < 1.29 is 4.79 Å². The second-order valence-electron chi connectivity index (χ2n) is 9.64. The Labute approximate surface area is 158 Å². The van der Waals surface area contributed by atoms with Crippen LogP contribution in [0.3, 0.4) is 0 Å². The van der Waals surface area contributed by atoms with Crippen molar-refractivity contribution in [1.82, 2.24) is 9.80 Å². The van der Waals surface area contributed by atoms with Crippen LogP contribution in [0.15, 0.2) is 24.3 Å². The first-order valence-electron chi connectivity index (χ1n) is 10.5. The van der Waals surface area contributed by atoms with Crippen LogP contribution in [0.5, 0.6) is 0 Å². The maximum Gasteiger partial charge on any atom is 0.236 e. The Kier molecular flexibility index (Phi) is 4.85. The summed E-state index contributed by atoms with van der Waals surface area (Å²) in [5.41, 5.74) is 3.46. The molecule has 1 amide bonds. The quantitative estimate of drug-likeness (QED) is 0.807. The van der Waals surface area contributed by atoms with Gasteiger partial charge < -0.3 is 4.90 Å². The third kappa shape index (κ3) is 3.55. The van der Waals surface area contributed by atoms with Crippen molar-refractivity contribution >= 4 is 5.91 Å². The molecule has 1 aliphatic carbocycles. The predicted molar refractivity (Wildman–Crippen MR) is 106 cm³/mol. The fourth-order valence-corrected chi connectivity index (χ4v) is 5.20. The normalized spacial score (nSPS) is 23.9. The summed E-state index contributed by atoms with van der Waals surface area (Å²) in [4.78, 5) is 16.9. The molecule has 1 aromatic carbocycles. The topological polar surface area (TPSA) is 23.6 Å². The summed E-state index contributed by atoms with van der Waals surface area (Å²) < 4.78 is 0. The first-order chi connectivity index (χ1) is 12.4. The molecule has 3 aliphatic rings. The summed E-state index contributed by atoms with van der Waals surface area (Å²) in [6, 6.07) is 9.28. The van der Waals surface area contributed by atoms with Crippen LogP contribution in [0, 0.1) is 11.3 Å². The maximum absolute atomic E-state index is 12.5. The zero-order valence-electron chi connectivity index (χ0n) is 16.7. The summed E-state index contributed by atoms with van der Waals surface area (Å²) >= 11 is 0. The van der Waals surface area contributed by atoms with Crippen molar-refractivity contribution in [1.29, 1.82) is 0 Å². The summed E-state index contributed by atoms with van der Waals surface area (Å²) in [5, 5.41) is 0. The molecule has 0 N–H and O–H groups in total. The molecule has 3 fully saturated rings. The largest absolute Gasteiger partial charge is 0.342 e. The molecule has 3 nitrogen and oxygen atoms in total. The van der Waals surface area contributed by atoms with Gasteiger partial charge in [0.1, 0.15) is 0 Å². The van der Waals surface area contributed by atoms with E-state index in [1.54, 1.807) is 0 Å². The molecule has 2 aliphatic heterocycles. The van der Waals surface area contributed by atoms with E-state index in [2.05, 4.69) is 54.8 Å². The molecule has 0 aromatic heterocycles. The number of carbonyl (C=O) groups is 1. The van der Waals surface area contributed by atoms with E-state index in [1.807, 2.05) is 0 Å². The van der Waals surface area contributed by atoms with Crippen LogP contribution in [0.1, 0.15) is 69.4 Å². The van der Waals surface area contributed by atoms with Crippen molar-refractivity contribution in [3.63, 3.8) is 0 Å². The molecule has 0 bridgehead atoms. The van der Waals surface area contributed by atoms with Gasteiger partial charge in [-0.2, -0.15) is 0 Å². The zero-order valence-corrected chi connectivity index (χ0v) is 16.7. The first kappa shape index (κ1) is 18.0. The molecule has 1 spiro atoms. The minimum Gasteiger partial charge on any atom is -0.342 e. The average molecular weight is 355 g/mol. The van der Waals surface area contributed by atoms with Crippen molar-refractivity contribution in [3.8, 4) is 0 Å². The van der Waals surface area contributed by atoms with Gasteiger partial charge in [-0.25, -0.2) is 0 Å². The molecule has 142 valence electrons. The lowest BCUT2D eigenvalue weighted by Crippen LogP contribution is -2.63. The Morgan fingerprint density at radius 1 is 1.12 bits per heavy atom. The summed E-state index contributed by atoms with van der Waals surface area (Å²) in [6.45, 7) is 11.6. The summed E-state index contributed by atoms with van der Waals surface area (Å²) in [6.07, 6.45) is 4.96. The molecule has 0 unspecified atom stereocenters. The number of piperidine rings is 1. The van der Waals surface area contributed by atoms with E-state index in [9.17, 15) is 4.79 Å². The van der Waals surface area contributed by atoms with Crippen molar-refractivity contribution in [2.45, 2.75) is 58.3 Å². The second-order valence-corrected chi connectivity index (χ2v) is 9.64. The SMILES string of the molecule is CC1CCN(C(=O)CN2CC3(CC(c4ccc(C(C)C)cc4)C3)C2)CC1. The van der Waals surface area contributed by atoms with Gasteiger partial charge >= 0.3 is 0 Å². The lowest BCUT2D eigenvalue weighted by atomic mass is 9.56. The smallest absolute Gasteiger partial charge is 0.236 e. The number of amides is 1. The lowest BCUT2D eigenvalue weighted by Gasteiger charge is -2.59. The first-order valence-corrected chi connectivity index (χ1v) is 10.5. The number of rotatable bonds is 4. The monoisotopic (exact) mass is 354 g/mol. The number of benzene rings is 1. The highest BCUT2D eigenvalue weighted by molar-refractivity contribution is 5.78. The molecule has 0 radical (unpaired) electrons. The Morgan fingerprint density at radius 3 is 2.31 bits per heavy atom. The number of hydrogen-bond acceptors (Lipinski definition) is 2. The van der Waals surface area contributed by atoms with E-state index < -0.39 is 0 Å². The van der Waals surface area contributed by atoms with Gasteiger partial charge in [0.25, 0.3) is 0 Å². The van der Waals surface area contributed by atoms with Gasteiger partial charge in [0.05, 0.1) is 6.54 Å². The lowest BCUT2D eigenvalue weighted by molar-refractivity contribution is -0.140. The second kappa shape index (κ2) is 6.99. The van der Waals surface area contributed by atoms with Crippen LogP contribution < -0.4 is 0 Å². The van der Waals surface area contributed by atoms with Gasteiger partial charge in [-0.1, -0.05) is 45.0 Å². The van der Waals surface area contributed by atoms with Crippen LogP contribution in [-0.2, 0) is 4.79 Å².